The van der Waals surface area contributed by atoms with Crippen molar-refractivity contribution in [3.63, 3.8) is 0 Å². The van der Waals surface area contributed by atoms with Gasteiger partial charge in [-0.15, -0.1) is 0 Å². The number of alkyl halides is 3. The van der Waals surface area contributed by atoms with Crippen LogP contribution in [-0.4, -0.2) is 17.1 Å². The smallest absolute Gasteiger partial charge is 0.422 e. The highest BCUT2D eigenvalue weighted by Gasteiger charge is 2.32. The molecule has 0 fully saturated rings. The number of hydrogen-bond acceptors (Lipinski definition) is 4. The van der Waals surface area contributed by atoms with Crippen LogP contribution in [0.1, 0.15) is 5.56 Å². The van der Waals surface area contributed by atoms with Crippen molar-refractivity contribution in [3.8, 4) is 0 Å². The molecule has 0 bridgehead atoms. The van der Waals surface area contributed by atoms with Gasteiger partial charge in [0.15, 0.2) is 0 Å². The second-order valence-electron chi connectivity index (χ2n) is 2.49. The Hall–Kier alpha value is -1.12. The fraction of sp³-hybridized carbons (Fsp3) is 0.167. The first kappa shape index (κ1) is 11.0. The van der Waals surface area contributed by atoms with Crippen LogP contribution in [0.4, 0.5) is 13.2 Å². The Labute approximate surface area is 77.6 Å². The number of pyridine rings is 1. The van der Waals surface area contributed by atoms with Crippen LogP contribution < -0.4 is 11.4 Å². The van der Waals surface area contributed by atoms with Gasteiger partial charge in [-0.2, -0.15) is 13.2 Å². The third-order valence-electron chi connectivity index (χ3n) is 1.50. The van der Waals surface area contributed by atoms with Gasteiger partial charge in [-0.25, -0.2) is 5.90 Å². The van der Waals surface area contributed by atoms with Crippen molar-refractivity contribution in [2.75, 3.05) is 0 Å². The average molecular weight is 206 g/mol. The van der Waals surface area contributed by atoms with Crippen LogP contribution in [0.3, 0.4) is 0 Å². The summed E-state index contributed by atoms with van der Waals surface area (Å²) in [6, 6.07) is 0.713. The normalized spacial score (nSPS) is 11.5. The zero-order chi connectivity index (χ0) is 10.8. The maximum atomic E-state index is 12.1. The predicted molar refractivity (Wildman–Crippen MR) is 42.1 cm³/mol. The molecule has 0 saturated heterocycles. The van der Waals surface area contributed by atoms with E-state index in [4.69, 9.17) is 5.02 Å². The zero-order valence-electron chi connectivity index (χ0n) is 6.82. The van der Waals surface area contributed by atoms with Crippen LogP contribution in [0.25, 0.3) is 0 Å². The molecule has 1 aromatic rings. The molecule has 0 radical (unpaired) electrons. The fourth-order valence-corrected chi connectivity index (χ4v) is 0.826. The molecule has 0 unspecified atom stereocenters. The van der Waals surface area contributed by atoms with Gasteiger partial charge in [0, 0.05) is 17.9 Å². The highest BCUT2D eigenvalue weighted by Crippen LogP contribution is 2.27. The Morgan fingerprint density at radius 2 is 2.07 bits per heavy atom. The second kappa shape index (κ2) is 3.95. The summed E-state index contributed by atoms with van der Waals surface area (Å²) in [5.41, 5.74) is -1.12. The topological polar surface area (TPSA) is 68.4 Å². The van der Waals surface area contributed by atoms with E-state index in [9.17, 15) is 13.2 Å². The van der Waals surface area contributed by atoms with Crippen LogP contribution in [0, 0.1) is 0 Å². The van der Waals surface area contributed by atoms with Gasteiger partial charge in [0.2, 0.25) is 0 Å². The first-order valence-electron chi connectivity index (χ1n) is 3.51. The van der Waals surface area contributed by atoms with Crippen molar-refractivity contribution in [2.24, 2.45) is 5.90 Å². The first-order chi connectivity index (χ1) is 6.45. The number of hydrogen-bond donors (Lipinski definition) is 2. The molecule has 0 saturated carbocycles. The maximum absolute atomic E-state index is 12.1. The van der Waals surface area contributed by atoms with E-state index in [2.05, 4.69) is 15.6 Å². The summed E-state index contributed by atoms with van der Waals surface area (Å²) in [6.45, 7) is 0. The second-order valence-corrected chi connectivity index (χ2v) is 2.49. The molecule has 4 nitrogen and oxygen atoms in total. The standard InChI is InChI=1S/C6H6BF3N2O2/c8-6(9,10)4-1-5(3-12-2-4)7(13)14-11/h1-3,13H,11H2. The number of nitrogens with two attached hydrogens (primary N) is 1. The van der Waals surface area contributed by atoms with Gasteiger partial charge in [-0.05, 0) is 6.07 Å². The van der Waals surface area contributed by atoms with Crippen LogP contribution in [0.5, 0.6) is 0 Å². The average Bonchev–Trinajstić information content (AvgIpc) is 2.15. The van der Waals surface area contributed by atoms with Crippen molar-refractivity contribution in [2.45, 2.75) is 6.18 Å². The molecule has 0 aliphatic heterocycles. The number of rotatable bonds is 2. The molecule has 0 aliphatic rings. The van der Waals surface area contributed by atoms with E-state index in [0.717, 1.165) is 6.20 Å². The first-order valence-corrected chi connectivity index (χ1v) is 3.51. The van der Waals surface area contributed by atoms with E-state index < -0.39 is 18.9 Å². The SMILES string of the molecule is NOB(O)c1cncc(C(F)(F)F)c1. The highest BCUT2D eigenvalue weighted by atomic mass is 19.4. The Bertz CT molecular complexity index is 320. The molecule has 0 aliphatic carbocycles. The van der Waals surface area contributed by atoms with Crippen molar-refractivity contribution in [3.05, 3.63) is 24.0 Å². The van der Waals surface area contributed by atoms with Crippen LogP contribution in [0.15, 0.2) is 18.5 Å². The summed E-state index contributed by atoms with van der Waals surface area (Å²) in [5, 5.41) is 8.96. The van der Waals surface area contributed by atoms with Crippen LogP contribution in [0.2, 0.25) is 0 Å². The molecular weight excluding hydrogens is 200 g/mol. The lowest BCUT2D eigenvalue weighted by molar-refractivity contribution is -0.137. The minimum atomic E-state index is -4.50. The van der Waals surface area contributed by atoms with E-state index in [1.807, 2.05) is 0 Å². The van der Waals surface area contributed by atoms with Gasteiger partial charge in [0.05, 0.1) is 5.56 Å². The summed E-state index contributed by atoms with van der Waals surface area (Å²) in [6.07, 6.45) is -2.82. The van der Waals surface area contributed by atoms with Gasteiger partial charge < -0.3 is 9.78 Å². The Kier molecular flexibility index (Phi) is 3.09. The fourth-order valence-electron chi connectivity index (χ4n) is 0.826. The van der Waals surface area contributed by atoms with Gasteiger partial charge in [-0.3, -0.25) is 4.98 Å². The number of nitrogens with zero attached hydrogens (tertiary/aromatic N) is 1. The van der Waals surface area contributed by atoms with Crippen LogP contribution >= 0.6 is 0 Å². The summed E-state index contributed by atoms with van der Waals surface area (Å²) < 4.78 is 40.4. The lowest BCUT2D eigenvalue weighted by Gasteiger charge is -2.08. The Balaban J connectivity index is 3.01. The third-order valence-corrected chi connectivity index (χ3v) is 1.50. The summed E-state index contributed by atoms with van der Waals surface area (Å²) in [7, 11) is -1.61. The molecule has 1 heterocycles. The van der Waals surface area contributed by atoms with E-state index >= 15 is 0 Å². The summed E-state index contributed by atoms with van der Waals surface area (Å²) >= 11 is 0. The molecule has 76 valence electrons. The van der Waals surface area contributed by atoms with Gasteiger partial charge >= 0.3 is 13.3 Å². The van der Waals surface area contributed by atoms with Crippen molar-refractivity contribution >= 4 is 12.6 Å². The van der Waals surface area contributed by atoms with Gasteiger partial charge in [-0.1, -0.05) is 0 Å². The third kappa shape index (κ3) is 2.44. The predicted octanol–water partition coefficient (Wildman–Crippen LogP) is -0.322. The Morgan fingerprint density at radius 3 is 2.57 bits per heavy atom. The maximum Gasteiger partial charge on any atom is 0.509 e. The van der Waals surface area contributed by atoms with Crippen molar-refractivity contribution < 1.29 is 23.0 Å². The molecule has 1 rings (SSSR count). The summed E-state index contributed by atoms with van der Waals surface area (Å²) in [4.78, 5) is 3.30. The summed E-state index contributed by atoms with van der Waals surface area (Å²) in [5.74, 6) is 4.60. The molecule has 0 aromatic carbocycles. The molecule has 1 aromatic heterocycles. The molecule has 14 heavy (non-hydrogen) atoms. The van der Waals surface area contributed by atoms with Gasteiger partial charge in [0.25, 0.3) is 0 Å². The lowest BCUT2D eigenvalue weighted by atomic mass is 9.81. The molecule has 8 heteroatoms. The number of aromatic nitrogens is 1. The highest BCUT2D eigenvalue weighted by molar-refractivity contribution is 6.59. The monoisotopic (exact) mass is 206 g/mol. The van der Waals surface area contributed by atoms with Gasteiger partial charge in [0.1, 0.15) is 0 Å². The molecular formula is C6H6BF3N2O2. The molecule has 0 spiro atoms. The largest absolute Gasteiger partial charge is 0.509 e. The zero-order valence-corrected chi connectivity index (χ0v) is 6.82. The van der Waals surface area contributed by atoms with E-state index in [-0.39, 0.29) is 5.46 Å². The van der Waals surface area contributed by atoms with E-state index in [1.165, 1.54) is 0 Å². The van der Waals surface area contributed by atoms with E-state index in [1.54, 1.807) is 0 Å². The molecule has 3 N–H and O–H groups in total. The van der Waals surface area contributed by atoms with E-state index in [0.29, 0.717) is 12.3 Å². The van der Waals surface area contributed by atoms with Crippen LogP contribution in [-0.2, 0) is 10.9 Å². The van der Waals surface area contributed by atoms with Crippen molar-refractivity contribution in [1.82, 2.24) is 4.98 Å². The molecule has 0 amide bonds. The lowest BCUT2D eigenvalue weighted by Crippen LogP contribution is -2.37. The number of halogens is 3. The Morgan fingerprint density at radius 1 is 1.43 bits per heavy atom. The minimum absolute atomic E-state index is 0.151. The van der Waals surface area contributed by atoms with Crippen molar-refractivity contribution in [1.29, 1.82) is 0 Å². The molecule has 0 atom stereocenters. The quantitative estimate of drug-likeness (QED) is 0.513. The minimum Gasteiger partial charge on any atom is -0.422 e.